The van der Waals surface area contributed by atoms with E-state index < -0.39 is 0 Å². The van der Waals surface area contributed by atoms with Crippen molar-refractivity contribution in [2.24, 2.45) is 0 Å². The zero-order chi connectivity index (χ0) is 17.9. The van der Waals surface area contributed by atoms with Crippen molar-refractivity contribution in [1.29, 1.82) is 0 Å². The zero-order valence-electron chi connectivity index (χ0n) is 14.6. The summed E-state index contributed by atoms with van der Waals surface area (Å²) in [6.45, 7) is 2.46. The van der Waals surface area contributed by atoms with E-state index >= 15 is 0 Å². The minimum atomic E-state index is -0.116. The first-order chi connectivity index (χ1) is 12.7. The van der Waals surface area contributed by atoms with Gasteiger partial charge in [0.15, 0.2) is 0 Å². The van der Waals surface area contributed by atoms with Crippen LogP contribution in [0.15, 0.2) is 66.9 Å². The molecule has 0 saturated carbocycles. The first kappa shape index (κ1) is 16.1. The second-order valence-corrected chi connectivity index (χ2v) is 6.28. The number of aryl methyl sites for hydroxylation is 1. The topological polar surface area (TPSA) is 62.7 Å². The molecule has 5 nitrogen and oxygen atoms in total. The number of para-hydroxylation sites is 2. The lowest BCUT2D eigenvalue weighted by Gasteiger charge is -2.08. The summed E-state index contributed by atoms with van der Waals surface area (Å²) in [5, 5.41) is 8.66. The number of carbonyl (C=O) groups excluding carboxylic acids is 1. The third-order valence-electron chi connectivity index (χ3n) is 4.42. The highest BCUT2D eigenvalue weighted by atomic mass is 16.2. The molecule has 2 aromatic carbocycles. The molecule has 0 aliphatic carbocycles. The van der Waals surface area contributed by atoms with Crippen LogP contribution in [0.2, 0.25) is 0 Å². The largest absolute Gasteiger partial charge is 0.361 e. The van der Waals surface area contributed by atoms with Gasteiger partial charge in [0.2, 0.25) is 0 Å². The summed E-state index contributed by atoms with van der Waals surface area (Å²) in [6, 6.07) is 19.7. The molecule has 0 fully saturated rings. The molecule has 0 radical (unpaired) electrons. The first-order valence-corrected chi connectivity index (χ1v) is 8.67. The smallest absolute Gasteiger partial charge is 0.270 e. The van der Waals surface area contributed by atoms with Gasteiger partial charge in [-0.05, 0) is 43.2 Å². The maximum absolute atomic E-state index is 12.7. The maximum Gasteiger partial charge on any atom is 0.270 e. The van der Waals surface area contributed by atoms with E-state index in [9.17, 15) is 4.79 Å². The van der Waals surface area contributed by atoms with Gasteiger partial charge in [0, 0.05) is 23.6 Å². The van der Waals surface area contributed by atoms with Crippen LogP contribution in [-0.4, -0.2) is 27.2 Å². The Morgan fingerprint density at radius 2 is 1.88 bits per heavy atom. The van der Waals surface area contributed by atoms with Crippen LogP contribution in [0.3, 0.4) is 0 Å². The SMILES string of the molecule is Cc1cc(C(=O)NCCc2c[nH]c3ccccc23)n(-c2ccccc2)n1. The second-order valence-electron chi connectivity index (χ2n) is 6.28. The highest BCUT2D eigenvalue weighted by Crippen LogP contribution is 2.18. The normalized spacial score (nSPS) is 11.0. The van der Waals surface area contributed by atoms with E-state index in [1.807, 2.05) is 61.7 Å². The monoisotopic (exact) mass is 344 g/mol. The molecule has 0 spiro atoms. The summed E-state index contributed by atoms with van der Waals surface area (Å²) < 4.78 is 1.69. The number of nitrogens with zero attached hydrogens (tertiary/aromatic N) is 2. The predicted molar refractivity (Wildman–Crippen MR) is 103 cm³/mol. The molecule has 0 bridgehead atoms. The highest BCUT2D eigenvalue weighted by molar-refractivity contribution is 5.93. The van der Waals surface area contributed by atoms with Gasteiger partial charge in [-0.2, -0.15) is 5.10 Å². The molecule has 5 heteroatoms. The van der Waals surface area contributed by atoms with Crippen LogP contribution in [0.1, 0.15) is 21.7 Å². The van der Waals surface area contributed by atoms with Gasteiger partial charge in [0.1, 0.15) is 5.69 Å². The minimum Gasteiger partial charge on any atom is -0.361 e. The molecule has 0 atom stereocenters. The van der Waals surface area contributed by atoms with E-state index in [1.165, 1.54) is 10.9 Å². The third-order valence-corrected chi connectivity index (χ3v) is 4.42. The molecule has 1 amide bonds. The Kier molecular flexibility index (Phi) is 4.27. The van der Waals surface area contributed by atoms with Crippen LogP contribution in [0, 0.1) is 6.92 Å². The Morgan fingerprint density at radius 1 is 1.12 bits per heavy atom. The van der Waals surface area contributed by atoms with Crippen LogP contribution in [0.4, 0.5) is 0 Å². The van der Waals surface area contributed by atoms with Crippen molar-refractivity contribution in [3.8, 4) is 5.69 Å². The van der Waals surface area contributed by atoms with Gasteiger partial charge >= 0.3 is 0 Å². The Hall–Kier alpha value is -3.34. The van der Waals surface area contributed by atoms with E-state index in [2.05, 4.69) is 27.5 Å². The third kappa shape index (κ3) is 3.11. The number of fused-ring (bicyclic) bond motifs is 1. The van der Waals surface area contributed by atoms with Gasteiger partial charge in [0.05, 0.1) is 11.4 Å². The fraction of sp³-hybridized carbons (Fsp3) is 0.143. The average Bonchev–Trinajstić information content (AvgIpc) is 3.26. The number of H-pyrrole nitrogens is 1. The Morgan fingerprint density at radius 3 is 2.73 bits per heavy atom. The summed E-state index contributed by atoms with van der Waals surface area (Å²) in [6.07, 6.45) is 2.78. The summed E-state index contributed by atoms with van der Waals surface area (Å²) >= 11 is 0. The van der Waals surface area contributed by atoms with E-state index in [0.29, 0.717) is 12.2 Å². The molecule has 2 N–H and O–H groups in total. The van der Waals surface area contributed by atoms with E-state index in [0.717, 1.165) is 23.3 Å². The van der Waals surface area contributed by atoms with Crippen LogP contribution in [0.25, 0.3) is 16.6 Å². The lowest BCUT2D eigenvalue weighted by Crippen LogP contribution is -2.27. The Labute approximate surface area is 151 Å². The Balaban J connectivity index is 1.47. The molecule has 130 valence electrons. The summed E-state index contributed by atoms with van der Waals surface area (Å²) in [7, 11) is 0. The fourth-order valence-electron chi connectivity index (χ4n) is 3.17. The van der Waals surface area contributed by atoms with Crippen molar-refractivity contribution >= 4 is 16.8 Å². The number of aromatic amines is 1. The number of carbonyl (C=O) groups is 1. The lowest BCUT2D eigenvalue weighted by atomic mass is 10.1. The number of benzene rings is 2. The molecular weight excluding hydrogens is 324 g/mol. The molecule has 0 aliphatic rings. The molecule has 2 aromatic heterocycles. The quantitative estimate of drug-likeness (QED) is 0.581. The average molecular weight is 344 g/mol. The van der Waals surface area contributed by atoms with Crippen molar-refractivity contribution in [3.05, 3.63) is 83.8 Å². The van der Waals surface area contributed by atoms with Gasteiger partial charge in [-0.15, -0.1) is 0 Å². The molecule has 0 saturated heterocycles. The van der Waals surface area contributed by atoms with Crippen LogP contribution in [-0.2, 0) is 6.42 Å². The van der Waals surface area contributed by atoms with Gasteiger partial charge < -0.3 is 10.3 Å². The fourth-order valence-corrected chi connectivity index (χ4v) is 3.17. The summed E-state index contributed by atoms with van der Waals surface area (Å²) in [4.78, 5) is 15.9. The van der Waals surface area contributed by atoms with E-state index in [4.69, 9.17) is 0 Å². The molecule has 4 rings (SSSR count). The van der Waals surface area contributed by atoms with E-state index in [1.54, 1.807) is 4.68 Å². The molecule has 26 heavy (non-hydrogen) atoms. The van der Waals surface area contributed by atoms with Crippen molar-refractivity contribution in [3.63, 3.8) is 0 Å². The van der Waals surface area contributed by atoms with Gasteiger partial charge in [0.25, 0.3) is 5.91 Å². The number of amides is 1. The van der Waals surface area contributed by atoms with Crippen molar-refractivity contribution < 1.29 is 4.79 Å². The van der Waals surface area contributed by atoms with Crippen LogP contribution < -0.4 is 5.32 Å². The highest BCUT2D eigenvalue weighted by Gasteiger charge is 2.15. The number of aromatic nitrogens is 3. The predicted octanol–water partition coefficient (Wildman–Crippen LogP) is 3.63. The lowest BCUT2D eigenvalue weighted by molar-refractivity contribution is 0.0946. The van der Waals surface area contributed by atoms with Gasteiger partial charge in [-0.3, -0.25) is 4.79 Å². The molecular formula is C21H20N4O. The van der Waals surface area contributed by atoms with Crippen molar-refractivity contribution in [2.75, 3.05) is 6.54 Å². The summed E-state index contributed by atoms with van der Waals surface area (Å²) in [5.74, 6) is -0.116. The number of rotatable bonds is 5. The number of hydrogen-bond donors (Lipinski definition) is 2. The summed E-state index contributed by atoms with van der Waals surface area (Å²) in [5.41, 5.74) is 4.56. The standard InChI is InChI=1S/C21H20N4O/c1-15-13-20(25(24-15)17-7-3-2-4-8-17)21(26)22-12-11-16-14-23-19-10-6-5-9-18(16)19/h2-10,13-14,23H,11-12H2,1H3,(H,22,26). The number of nitrogens with one attached hydrogen (secondary N) is 2. The van der Waals surface area contributed by atoms with Crippen molar-refractivity contribution in [1.82, 2.24) is 20.1 Å². The maximum atomic E-state index is 12.7. The van der Waals surface area contributed by atoms with Gasteiger partial charge in [-0.25, -0.2) is 4.68 Å². The first-order valence-electron chi connectivity index (χ1n) is 8.67. The zero-order valence-corrected chi connectivity index (χ0v) is 14.6. The van der Waals surface area contributed by atoms with Crippen LogP contribution in [0.5, 0.6) is 0 Å². The molecule has 2 heterocycles. The van der Waals surface area contributed by atoms with E-state index in [-0.39, 0.29) is 5.91 Å². The molecule has 4 aromatic rings. The Bertz CT molecular complexity index is 1050. The minimum absolute atomic E-state index is 0.116. The van der Waals surface area contributed by atoms with Gasteiger partial charge in [-0.1, -0.05) is 36.4 Å². The van der Waals surface area contributed by atoms with Crippen LogP contribution >= 0.6 is 0 Å². The molecule has 0 aliphatic heterocycles. The number of hydrogen-bond acceptors (Lipinski definition) is 2. The molecule has 0 unspecified atom stereocenters. The second kappa shape index (κ2) is 6.88. The van der Waals surface area contributed by atoms with Crippen molar-refractivity contribution in [2.45, 2.75) is 13.3 Å².